The molecule has 1 aromatic rings. The van der Waals surface area contributed by atoms with Crippen LogP contribution in [0.3, 0.4) is 0 Å². The van der Waals surface area contributed by atoms with E-state index in [0.29, 0.717) is 5.92 Å². The lowest BCUT2D eigenvalue weighted by Crippen LogP contribution is -2.22. The summed E-state index contributed by atoms with van der Waals surface area (Å²) >= 11 is 0. The molecule has 1 aromatic carbocycles. The second-order valence-electron chi connectivity index (χ2n) is 4.81. The van der Waals surface area contributed by atoms with Crippen LogP contribution in [0, 0.1) is 5.92 Å². The fourth-order valence-electron chi connectivity index (χ4n) is 1.65. The van der Waals surface area contributed by atoms with Gasteiger partial charge in [0.25, 0.3) is 0 Å². The van der Waals surface area contributed by atoms with Gasteiger partial charge in [-0.05, 0) is 30.9 Å². The Kier molecular flexibility index (Phi) is 7.69. The van der Waals surface area contributed by atoms with Gasteiger partial charge >= 0.3 is 0 Å². The van der Waals surface area contributed by atoms with E-state index in [2.05, 4.69) is 49.5 Å². The minimum Gasteiger partial charge on any atom is -0.380 e. The molecule has 0 saturated heterocycles. The molecule has 0 aliphatic carbocycles. The molecule has 0 spiro atoms. The Bertz CT molecular complexity index is 272. The van der Waals surface area contributed by atoms with Gasteiger partial charge in [-0.2, -0.15) is 0 Å². The molecule has 0 aliphatic heterocycles. The molecule has 0 unspecified atom stereocenters. The van der Waals surface area contributed by atoms with Crippen molar-refractivity contribution in [3.05, 3.63) is 35.9 Å². The Morgan fingerprint density at radius 3 is 2.59 bits per heavy atom. The van der Waals surface area contributed by atoms with E-state index in [1.54, 1.807) is 0 Å². The summed E-state index contributed by atoms with van der Waals surface area (Å²) in [5.74, 6) is 0.632. The summed E-state index contributed by atoms with van der Waals surface area (Å²) < 4.78 is 5.50. The maximum Gasteiger partial charge on any atom is 0.0591 e. The molecule has 0 atom stereocenters. The lowest BCUT2D eigenvalue weighted by molar-refractivity contribution is 0.112. The van der Waals surface area contributed by atoms with Crippen LogP contribution < -0.4 is 5.32 Å². The molecule has 0 amide bonds. The quantitative estimate of drug-likeness (QED) is 0.665. The summed E-state index contributed by atoms with van der Waals surface area (Å²) in [6, 6.07) is 10.6. The number of ether oxygens (including phenoxy) is 1. The fourth-order valence-corrected chi connectivity index (χ4v) is 1.65. The Balaban J connectivity index is 1.88. The van der Waals surface area contributed by atoms with E-state index in [1.807, 2.05) is 0 Å². The van der Waals surface area contributed by atoms with Crippen LogP contribution in [0.5, 0.6) is 0 Å². The number of rotatable bonds is 9. The van der Waals surface area contributed by atoms with E-state index in [0.717, 1.165) is 32.7 Å². The van der Waals surface area contributed by atoms with E-state index in [9.17, 15) is 0 Å². The third kappa shape index (κ3) is 7.94. The molecule has 96 valence electrons. The van der Waals surface area contributed by atoms with E-state index in [1.165, 1.54) is 12.0 Å². The van der Waals surface area contributed by atoms with Crippen LogP contribution in [0.2, 0.25) is 0 Å². The minimum atomic E-state index is 0.632. The summed E-state index contributed by atoms with van der Waals surface area (Å²) in [5, 5.41) is 3.40. The van der Waals surface area contributed by atoms with Gasteiger partial charge in [-0.1, -0.05) is 44.2 Å². The van der Waals surface area contributed by atoms with Gasteiger partial charge in [0.2, 0.25) is 0 Å². The highest BCUT2D eigenvalue weighted by molar-refractivity contribution is 5.14. The monoisotopic (exact) mass is 235 g/mol. The summed E-state index contributed by atoms with van der Waals surface area (Å²) in [5.41, 5.74) is 1.42. The summed E-state index contributed by atoms with van der Waals surface area (Å²) in [6.45, 7) is 8.07. The predicted octanol–water partition coefficient (Wildman–Crippen LogP) is 2.88. The first kappa shape index (κ1) is 14.2. The predicted molar refractivity (Wildman–Crippen MR) is 73.3 cm³/mol. The standard InChI is InChI=1S/C15H25NO/c1-14(2)13-17-12-11-16-10-6-9-15-7-4-3-5-8-15/h3-5,7-8,14,16H,6,9-13H2,1-2H3. The first-order valence-electron chi connectivity index (χ1n) is 6.61. The van der Waals surface area contributed by atoms with Crippen LogP contribution >= 0.6 is 0 Å². The zero-order valence-corrected chi connectivity index (χ0v) is 11.1. The van der Waals surface area contributed by atoms with Crippen LogP contribution in [0.1, 0.15) is 25.8 Å². The normalized spacial score (nSPS) is 11.0. The van der Waals surface area contributed by atoms with Crippen LogP contribution in [0.25, 0.3) is 0 Å². The Morgan fingerprint density at radius 1 is 1.12 bits per heavy atom. The number of benzene rings is 1. The highest BCUT2D eigenvalue weighted by Crippen LogP contribution is 2.01. The lowest BCUT2D eigenvalue weighted by atomic mass is 10.1. The van der Waals surface area contributed by atoms with Crippen molar-refractivity contribution in [2.75, 3.05) is 26.3 Å². The molecular formula is C15H25NO. The van der Waals surface area contributed by atoms with Crippen molar-refractivity contribution >= 4 is 0 Å². The SMILES string of the molecule is CC(C)COCCNCCCc1ccccc1. The third-order valence-electron chi connectivity index (χ3n) is 2.54. The van der Waals surface area contributed by atoms with Gasteiger partial charge in [-0.15, -0.1) is 0 Å². The number of aryl methyl sites for hydroxylation is 1. The zero-order valence-electron chi connectivity index (χ0n) is 11.1. The molecule has 0 aromatic heterocycles. The smallest absolute Gasteiger partial charge is 0.0591 e. The zero-order chi connectivity index (χ0) is 12.3. The highest BCUT2D eigenvalue weighted by Gasteiger charge is 1.94. The first-order valence-corrected chi connectivity index (χ1v) is 6.61. The molecule has 17 heavy (non-hydrogen) atoms. The molecule has 0 saturated carbocycles. The average Bonchev–Trinajstić information content (AvgIpc) is 2.33. The van der Waals surface area contributed by atoms with Crippen LogP contribution in [-0.2, 0) is 11.2 Å². The van der Waals surface area contributed by atoms with Gasteiger partial charge in [-0.25, -0.2) is 0 Å². The molecule has 0 fully saturated rings. The summed E-state index contributed by atoms with van der Waals surface area (Å²) in [6.07, 6.45) is 2.34. The van der Waals surface area contributed by atoms with E-state index in [-0.39, 0.29) is 0 Å². The van der Waals surface area contributed by atoms with Gasteiger partial charge in [0.05, 0.1) is 6.61 Å². The Morgan fingerprint density at radius 2 is 1.88 bits per heavy atom. The van der Waals surface area contributed by atoms with E-state index in [4.69, 9.17) is 4.74 Å². The molecule has 1 rings (SSSR count). The largest absolute Gasteiger partial charge is 0.380 e. The van der Waals surface area contributed by atoms with Gasteiger partial charge in [0, 0.05) is 13.2 Å². The second-order valence-corrected chi connectivity index (χ2v) is 4.81. The van der Waals surface area contributed by atoms with Crippen molar-refractivity contribution in [1.29, 1.82) is 0 Å². The molecule has 2 nitrogen and oxygen atoms in total. The van der Waals surface area contributed by atoms with Crippen molar-refractivity contribution in [3.63, 3.8) is 0 Å². The van der Waals surface area contributed by atoms with Crippen LogP contribution in [0.15, 0.2) is 30.3 Å². The first-order chi connectivity index (χ1) is 8.29. The van der Waals surface area contributed by atoms with Crippen LogP contribution in [-0.4, -0.2) is 26.3 Å². The highest BCUT2D eigenvalue weighted by atomic mass is 16.5. The average molecular weight is 235 g/mol. The summed E-state index contributed by atoms with van der Waals surface area (Å²) in [7, 11) is 0. The lowest BCUT2D eigenvalue weighted by Gasteiger charge is -2.08. The molecule has 0 aliphatic rings. The number of hydrogen-bond acceptors (Lipinski definition) is 2. The van der Waals surface area contributed by atoms with Crippen molar-refractivity contribution in [2.24, 2.45) is 5.92 Å². The third-order valence-corrected chi connectivity index (χ3v) is 2.54. The van der Waals surface area contributed by atoms with Crippen LogP contribution in [0.4, 0.5) is 0 Å². The van der Waals surface area contributed by atoms with Gasteiger partial charge in [0.1, 0.15) is 0 Å². The van der Waals surface area contributed by atoms with Crippen molar-refractivity contribution in [2.45, 2.75) is 26.7 Å². The Labute approximate surface area is 105 Å². The molecule has 2 heteroatoms. The maximum absolute atomic E-state index is 5.50. The second kappa shape index (κ2) is 9.20. The minimum absolute atomic E-state index is 0.632. The van der Waals surface area contributed by atoms with Gasteiger partial charge < -0.3 is 10.1 Å². The maximum atomic E-state index is 5.50. The number of hydrogen-bond donors (Lipinski definition) is 1. The molecular weight excluding hydrogens is 210 g/mol. The Hall–Kier alpha value is -0.860. The fraction of sp³-hybridized carbons (Fsp3) is 0.600. The molecule has 0 radical (unpaired) electrons. The van der Waals surface area contributed by atoms with E-state index >= 15 is 0 Å². The molecule has 0 bridgehead atoms. The molecule has 1 N–H and O–H groups in total. The van der Waals surface area contributed by atoms with Crippen molar-refractivity contribution < 1.29 is 4.74 Å². The summed E-state index contributed by atoms with van der Waals surface area (Å²) in [4.78, 5) is 0. The van der Waals surface area contributed by atoms with Gasteiger partial charge in [-0.3, -0.25) is 0 Å². The van der Waals surface area contributed by atoms with Gasteiger partial charge in [0.15, 0.2) is 0 Å². The molecule has 0 heterocycles. The van der Waals surface area contributed by atoms with E-state index < -0.39 is 0 Å². The van der Waals surface area contributed by atoms with Crippen molar-refractivity contribution in [1.82, 2.24) is 5.32 Å². The topological polar surface area (TPSA) is 21.3 Å². The van der Waals surface area contributed by atoms with Crippen molar-refractivity contribution in [3.8, 4) is 0 Å². The number of nitrogens with one attached hydrogen (secondary N) is 1.